The Morgan fingerprint density at radius 3 is 2.19 bits per heavy atom. The molecule has 21 heavy (non-hydrogen) atoms. The highest BCUT2D eigenvalue weighted by Crippen LogP contribution is 2.12. The summed E-state index contributed by atoms with van der Waals surface area (Å²) in [4.78, 5) is 10.6. The summed E-state index contributed by atoms with van der Waals surface area (Å²) in [5.74, 6) is -1.09. The van der Waals surface area contributed by atoms with Crippen LogP contribution in [0, 0.1) is 5.92 Å². The molecular formula is C15H19NO4S. The van der Waals surface area contributed by atoms with Crippen molar-refractivity contribution in [1.29, 1.82) is 0 Å². The first-order chi connectivity index (χ1) is 9.67. The number of benzene rings is 1. The fraction of sp³-hybridized carbons (Fsp3) is 0.133. The third kappa shape index (κ3) is 9.37. The smallest absolute Gasteiger partial charge is 0.331 e. The minimum Gasteiger partial charge on any atom is -0.478 e. The van der Waals surface area contributed by atoms with Crippen LogP contribution in [0.2, 0.25) is 0 Å². The van der Waals surface area contributed by atoms with Gasteiger partial charge in [0.15, 0.2) is 0 Å². The molecule has 1 unspecified atom stereocenters. The molecule has 0 bridgehead atoms. The average molecular weight is 309 g/mol. The van der Waals surface area contributed by atoms with E-state index >= 15 is 0 Å². The van der Waals surface area contributed by atoms with Crippen LogP contribution in [0.15, 0.2) is 60.5 Å². The van der Waals surface area contributed by atoms with Gasteiger partial charge in [0.2, 0.25) is 10.0 Å². The SMILES string of the molecule is C=C(C(=O)O)C(C)C=Cc1ccccc1.C=CS(N)(=O)=O. The van der Waals surface area contributed by atoms with Crippen molar-refractivity contribution in [3.8, 4) is 0 Å². The molecule has 1 rings (SSSR count). The van der Waals surface area contributed by atoms with Crippen LogP contribution in [-0.4, -0.2) is 19.5 Å². The summed E-state index contributed by atoms with van der Waals surface area (Å²) < 4.78 is 19.3. The van der Waals surface area contributed by atoms with Gasteiger partial charge in [0.1, 0.15) is 0 Å². The maximum Gasteiger partial charge on any atom is 0.331 e. The minimum absolute atomic E-state index is 0.150. The van der Waals surface area contributed by atoms with Gasteiger partial charge in [-0.1, -0.05) is 62.6 Å². The number of aliphatic carboxylic acids is 1. The highest BCUT2D eigenvalue weighted by molar-refractivity contribution is 7.92. The van der Waals surface area contributed by atoms with Crippen LogP contribution < -0.4 is 5.14 Å². The largest absolute Gasteiger partial charge is 0.478 e. The molecule has 0 heterocycles. The maximum absolute atomic E-state index is 10.6. The summed E-state index contributed by atoms with van der Waals surface area (Å²) in [5, 5.41) is 13.8. The third-order valence-electron chi connectivity index (χ3n) is 2.43. The van der Waals surface area contributed by atoms with E-state index in [0.717, 1.165) is 5.56 Å². The number of carboxylic acids is 1. The van der Waals surface area contributed by atoms with Gasteiger partial charge in [-0.25, -0.2) is 18.4 Å². The topological polar surface area (TPSA) is 97.5 Å². The Morgan fingerprint density at radius 1 is 1.33 bits per heavy atom. The van der Waals surface area contributed by atoms with Gasteiger partial charge in [-0.05, 0) is 5.56 Å². The van der Waals surface area contributed by atoms with Gasteiger partial charge in [0, 0.05) is 16.9 Å². The van der Waals surface area contributed by atoms with Crippen LogP contribution in [-0.2, 0) is 14.8 Å². The van der Waals surface area contributed by atoms with Crippen molar-refractivity contribution >= 4 is 22.1 Å². The van der Waals surface area contributed by atoms with Crippen molar-refractivity contribution in [1.82, 2.24) is 0 Å². The van der Waals surface area contributed by atoms with Crippen LogP contribution in [0.5, 0.6) is 0 Å². The standard InChI is InChI=1S/C13H14O2.C2H5NO2S/c1-10(11(2)13(14)15)8-9-12-6-4-3-5-7-12;1-2-6(3,4)5/h3-10H,2H2,1H3,(H,14,15);2H,1H2,(H2,3,4,5). The lowest BCUT2D eigenvalue weighted by Gasteiger charge is -2.04. The van der Waals surface area contributed by atoms with E-state index in [1.54, 1.807) is 0 Å². The maximum atomic E-state index is 10.6. The lowest BCUT2D eigenvalue weighted by Crippen LogP contribution is -2.05. The zero-order chi connectivity index (χ0) is 16.5. The third-order valence-corrected chi connectivity index (χ3v) is 2.90. The molecule has 5 nitrogen and oxygen atoms in total. The number of carbonyl (C=O) groups is 1. The van der Waals surface area contributed by atoms with Crippen molar-refractivity contribution in [2.24, 2.45) is 11.1 Å². The van der Waals surface area contributed by atoms with E-state index in [0.29, 0.717) is 5.41 Å². The first-order valence-corrected chi connectivity index (χ1v) is 7.59. The van der Waals surface area contributed by atoms with Gasteiger partial charge in [-0.15, -0.1) is 0 Å². The van der Waals surface area contributed by atoms with Crippen LogP contribution in [0.3, 0.4) is 0 Å². The van der Waals surface area contributed by atoms with Gasteiger partial charge in [-0.3, -0.25) is 0 Å². The Labute approximate surface area is 125 Å². The molecule has 3 N–H and O–H groups in total. The lowest BCUT2D eigenvalue weighted by molar-refractivity contribution is -0.133. The van der Waals surface area contributed by atoms with Crippen molar-refractivity contribution in [3.05, 3.63) is 66.1 Å². The van der Waals surface area contributed by atoms with Crippen molar-refractivity contribution in [3.63, 3.8) is 0 Å². The molecule has 0 fully saturated rings. The Morgan fingerprint density at radius 2 is 1.81 bits per heavy atom. The van der Waals surface area contributed by atoms with Crippen molar-refractivity contribution in [2.75, 3.05) is 0 Å². The van der Waals surface area contributed by atoms with Gasteiger partial charge >= 0.3 is 5.97 Å². The predicted molar refractivity (Wildman–Crippen MR) is 84.7 cm³/mol. The molecule has 0 aliphatic rings. The Bertz CT molecular complexity index is 607. The second-order valence-corrected chi connectivity index (χ2v) is 5.66. The first kappa shape index (κ1) is 18.8. The molecule has 6 heteroatoms. The van der Waals surface area contributed by atoms with Gasteiger partial charge in [0.25, 0.3) is 0 Å². The Kier molecular flexibility index (Phi) is 7.96. The summed E-state index contributed by atoms with van der Waals surface area (Å²) in [6.07, 6.45) is 3.74. The normalized spacial score (nSPS) is 12.1. The minimum atomic E-state index is -3.40. The molecule has 0 amide bonds. The number of nitrogens with two attached hydrogens (primary N) is 1. The van der Waals surface area contributed by atoms with E-state index < -0.39 is 16.0 Å². The van der Waals surface area contributed by atoms with Crippen LogP contribution >= 0.6 is 0 Å². The molecule has 1 aromatic carbocycles. The molecule has 0 saturated heterocycles. The number of carboxylic acid groups (broad SMARTS) is 1. The van der Waals surface area contributed by atoms with E-state index in [9.17, 15) is 13.2 Å². The number of primary sulfonamides is 1. The van der Waals surface area contributed by atoms with Crippen LogP contribution in [0.4, 0.5) is 0 Å². The quantitative estimate of drug-likeness (QED) is 0.816. The second kappa shape index (κ2) is 8.89. The molecule has 1 aromatic rings. The zero-order valence-corrected chi connectivity index (χ0v) is 12.6. The Balaban J connectivity index is 0.000000567. The number of hydrogen-bond donors (Lipinski definition) is 2. The van der Waals surface area contributed by atoms with E-state index in [2.05, 4.69) is 18.3 Å². The fourth-order valence-electron chi connectivity index (χ4n) is 1.13. The van der Waals surface area contributed by atoms with Crippen LogP contribution in [0.25, 0.3) is 6.08 Å². The molecule has 0 saturated carbocycles. The number of allylic oxidation sites excluding steroid dienone is 1. The molecule has 0 radical (unpaired) electrons. The highest BCUT2D eigenvalue weighted by Gasteiger charge is 2.09. The number of hydrogen-bond acceptors (Lipinski definition) is 3. The van der Waals surface area contributed by atoms with E-state index in [-0.39, 0.29) is 11.5 Å². The summed E-state index contributed by atoms with van der Waals surface area (Å²) in [6, 6.07) is 9.75. The fourth-order valence-corrected chi connectivity index (χ4v) is 1.13. The van der Waals surface area contributed by atoms with Gasteiger partial charge < -0.3 is 5.11 Å². The van der Waals surface area contributed by atoms with Gasteiger partial charge in [0.05, 0.1) is 0 Å². The molecule has 0 aromatic heterocycles. The number of rotatable bonds is 5. The molecular weight excluding hydrogens is 290 g/mol. The summed E-state index contributed by atoms with van der Waals surface area (Å²) in [6.45, 7) is 8.25. The van der Waals surface area contributed by atoms with E-state index in [1.165, 1.54) is 0 Å². The zero-order valence-electron chi connectivity index (χ0n) is 11.8. The lowest BCUT2D eigenvalue weighted by atomic mass is 10.0. The molecule has 0 spiro atoms. The first-order valence-electron chi connectivity index (χ1n) is 5.98. The van der Waals surface area contributed by atoms with Crippen molar-refractivity contribution in [2.45, 2.75) is 6.92 Å². The monoisotopic (exact) mass is 309 g/mol. The summed E-state index contributed by atoms with van der Waals surface area (Å²) in [7, 11) is -3.40. The molecule has 0 aliphatic carbocycles. The predicted octanol–water partition coefficient (Wildman–Crippen LogP) is 2.40. The molecule has 114 valence electrons. The van der Waals surface area contributed by atoms with Gasteiger partial charge in [-0.2, -0.15) is 0 Å². The highest BCUT2D eigenvalue weighted by atomic mass is 32.2. The average Bonchev–Trinajstić information content (AvgIpc) is 2.44. The second-order valence-electron chi connectivity index (χ2n) is 4.14. The van der Waals surface area contributed by atoms with Crippen LogP contribution in [0.1, 0.15) is 12.5 Å². The summed E-state index contributed by atoms with van der Waals surface area (Å²) >= 11 is 0. The Hall–Kier alpha value is -2.18. The van der Waals surface area contributed by atoms with Crippen molar-refractivity contribution < 1.29 is 18.3 Å². The molecule has 1 atom stereocenters. The van der Waals surface area contributed by atoms with E-state index in [1.807, 2.05) is 49.4 Å². The van der Waals surface area contributed by atoms with E-state index in [4.69, 9.17) is 5.11 Å². The molecule has 0 aliphatic heterocycles. The number of sulfonamides is 1. The summed E-state index contributed by atoms with van der Waals surface area (Å²) in [5.41, 5.74) is 1.27.